The number of hydrogen-bond donors (Lipinski definition) is 2. The molecule has 1 aromatic carbocycles. The summed E-state index contributed by atoms with van der Waals surface area (Å²) in [4.78, 5) is 2.23. The second kappa shape index (κ2) is 7.13. The van der Waals surface area contributed by atoms with E-state index in [9.17, 15) is 5.11 Å². The first kappa shape index (κ1) is 14.6. The quantitative estimate of drug-likeness (QED) is 0.788. The Morgan fingerprint density at radius 2 is 2.32 bits per heavy atom. The highest BCUT2D eigenvalue weighted by Gasteiger charge is 2.25. The van der Waals surface area contributed by atoms with Gasteiger partial charge in [-0.1, -0.05) is 24.6 Å². The van der Waals surface area contributed by atoms with Gasteiger partial charge in [-0.05, 0) is 43.5 Å². The Bertz CT molecular complexity index is 411. The largest absolute Gasteiger partial charge is 0.394 e. The average Bonchev–Trinajstić information content (AvgIpc) is 2.87. The molecule has 0 aromatic heterocycles. The molecule has 1 heterocycles. The molecule has 2 rings (SSSR count). The van der Waals surface area contributed by atoms with E-state index in [0.717, 1.165) is 49.6 Å². The van der Waals surface area contributed by atoms with E-state index >= 15 is 0 Å². The Kier molecular flexibility index (Phi) is 5.49. The van der Waals surface area contributed by atoms with Gasteiger partial charge in [0.25, 0.3) is 0 Å². The predicted molar refractivity (Wildman–Crippen MR) is 80.9 cm³/mol. The van der Waals surface area contributed by atoms with Crippen molar-refractivity contribution >= 4 is 17.3 Å². The van der Waals surface area contributed by atoms with E-state index < -0.39 is 0 Å². The molecule has 1 fully saturated rings. The Labute approximate surface area is 120 Å². The topological polar surface area (TPSA) is 35.5 Å². The van der Waals surface area contributed by atoms with Crippen molar-refractivity contribution in [2.45, 2.75) is 38.8 Å². The van der Waals surface area contributed by atoms with Gasteiger partial charge in [-0.15, -0.1) is 0 Å². The van der Waals surface area contributed by atoms with Gasteiger partial charge in [-0.3, -0.25) is 0 Å². The normalized spacial score (nSPS) is 19.1. The van der Waals surface area contributed by atoms with Crippen LogP contribution in [0.25, 0.3) is 0 Å². The molecule has 0 spiro atoms. The molecular formula is C15H23ClN2O. The van der Waals surface area contributed by atoms with E-state index in [1.807, 2.05) is 6.07 Å². The van der Waals surface area contributed by atoms with Crippen LogP contribution in [0.3, 0.4) is 0 Å². The maximum atomic E-state index is 9.39. The van der Waals surface area contributed by atoms with Crippen molar-refractivity contribution in [2.24, 2.45) is 0 Å². The van der Waals surface area contributed by atoms with Crippen LogP contribution in [0.15, 0.2) is 18.2 Å². The van der Waals surface area contributed by atoms with E-state index in [1.165, 1.54) is 5.56 Å². The molecule has 2 N–H and O–H groups in total. The van der Waals surface area contributed by atoms with E-state index in [-0.39, 0.29) is 12.6 Å². The summed E-state index contributed by atoms with van der Waals surface area (Å²) in [6.45, 7) is 5.23. The second-order valence-electron chi connectivity index (χ2n) is 5.13. The van der Waals surface area contributed by atoms with Crippen LogP contribution in [0.4, 0.5) is 5.69 Å². The first-order chi connectivity index (χ1) is 9.26. The molecule has 0 radical (unpaired) electrons. The van der Waals surface area contributed by atoms with E-state index in [2.05, 4.69) is 29.3 Å². The highest BCUT2D eigenvalue weighted by molar-refractivity contribution is 6.33. The zero-order valence-electron chi connectivity index (χ0n) is 11.5. The summed E-state index contributed by atoms with van der Waals surface area (Å²) in [7, 11) is 0. The van der Waals surface area contributed by atoms with Crippen molar-refractivity contribution in [1.29, 1.82) is 0 Å². The highest BCUT2D eigenvalue weighted by Crippen LogP contribution is 2.32. The molecule has 1 aliphatic heterocycles. The molecule has 106 valence electrons. The van der Waals surface area contributed by atoms with Crippen LogP contribution in [0.5, 0.6) is 0 Å². The third-order valence-electron chi connectivity index (χ3n) is 3.67. The van der Waals surface area contributed by atoms with Crippen molar-refractivity contribution < 1.29 is 5.11 Å². The fraction of sp³-hybridized carbons (Fsp3) is 0.600. The molecule has 1 atom stereocenters. The van der Waals surface area contributed by atoms with Crippen LogP contribution < -0.4 is 10.2 Å². The molecule has 0 amide bonds. The first-order valence-corrected chi connectivity index (χ1v) is 7.50. The van der Waals surface area contributed by atoms with Crippen molar-refractivity contribution in [3.63, 3.8) is 0 Å². The summed E-state index contributed by atoms with van der Waals surface area (Å²) in [6.07, 6.45) is 3.31. The lowest BCUT2D eigenvalue weighted by atomic mass is 10.1. The molecule has 4 heteroatoms. The number of benzene rings is 1. The molecule has 0 bridgehead atoms. The molecule has 0 saturated carbocycles. The summed E-state index contributed by atoms with van der Waals surface area (Å²) in [5.41, 5.74) is 2.26. The van der Waals surface area contributed by atoms with Crippen LogP contribution in [0.1, 0.15) is 31.7 Å². The zero-order chi connectivity index (χ0) is 13.7. The molecule has 1 saturated heterocycles. The summed E-state index contributed by atoms with van der Waals surface area (Å²) >= 11 is 6.39. The SMILES string of the molecule is CCCNCc1ccc(N2CCCC2CO)c(Cl)c1. The maximum absolute atomic E-state index is 9.39. The van der Waals surface area contributed by atoms with Crippen molar-refractivity contribution in [3.8, 4) is 0 Å². The Morgan fingerprint density at radius 3 is 3.00 bits per heavy atom. The fourth-order valence-electron chi connectivity index (χ4n) is 2.65. The summed E-state index contributed by atoms with van der Waals surface area (Å²) < 4.78 is 0. The number of nitrogens with zero attached hydrogens (tertiary/aromatic N) is 1. The van der Waals surface area contributed by atoms with Crippen molar-refractivity contribution in [2.75, 3.05) is 24.6 Å². The average molecular weight is 283 g/mol. The van der Waals surface area contributed by atoms with E-state index in [0.29, 0.717) is 0 Å². The predicted octanol–water partition coefficient (Wildman–Crippen LogP) is 2.80. The van der Waals surface area contributed by atoms with Crippen LogP contribution in [0, 0.1) is 0 Å². The van der Waals surface area contributed by atoms with Gasteiger partial charge >= 0.3 is 0 Å². The van der Waals surface area contributed by atoms with Gasteiger partial charge in [-0.25, -0.2) is 0 Å². The highest BCUT2D eigenvalue weighted by atomic mass is 35.5. The number of nitrogens with one attached hydrogen (secondary N) is 1. The minimum Gasteiger partial charge on any atom is -0.394 e. The Balaban J connectivity index is 2.06. The molecular weight excluding hydrogens is 260 g/mol. The van der Waals surface area contributed by atoms with Crippen LogP contribution >= 0.6 is 11.6 Å². The summed E-state index contributed by atoms with van der Waals surface area (Å²) in [5.74, 6) is 0. The minimum atomic E-state index is 0.204. The summed E-state index contributed by atoms with van der Waals surface area (Å²) in [6, 6.07) is 6.46. The van der Waals surface area contributed by atoms with Crippen LogP contribution in [-0.4, -0.2) is 30.8 Å². The van der Waals surface area contributed by atoms with Gasteiger partial charge in [0.15, 0.2) is 0 Å². The minimum absolute atomic E-state index is 0.204. The van der Waals surface area contributed by atoms with Crippen LogP contribution in [0.2, 0.25) is 5.02 Å². The number of anilines is 1. The third-order valence-corrected chi connectivity index (χ3v) is 3.97. The monoisotopic (exact) mass is 282 g/mol. The number of aliphatic hydroxyl groups excluding tert-OH is 1. The van der Waals surface area contributed by atoms with Crippen molar-refractivity contribution in [1.82, 2.24) is 5.32 Å². The van der Waals surface area contributed by atoms with Gasteiger partial charge in [-0.2, -0.15) is 0 Å². The smallest absolute Gasteiger partial charge is 0.0642 e. The molecule has 1 unspecified atom stereocenters. The van der Waals surface area contributed by atoms with Gasteiger partial charge in [0.2, 0.25) is 0 Å². The van der Waals surface area contributed by atoms with Crippen LogP contribution in [-0.2, 0) is 6.54 Å². The Morgan fingerprint density at radius 1 is 1.47 bits per heavy atom. The summed E-state index contributed by atoms with van der Waals surface area (Å²) in [5, 5.41) is 13.6. The van der Waals surface area contributed by atoms with Gasteiger partial charge in [0.1, 0.15) is 0 Å². The second-order valence-corrected chi connectivity index (χ2v) is 5.54. The number of aliphatic hydroxyl groups is 1. The van der Waals surface area contributed by atoms with Gasteiger partial charge < -0.3 is 15.3 Å². The number of hydrogen-bond acceptors (Lipinski definition) is 3. The third kappa shape index (κ3) is 3.62. The van der Waals surface area contributed by atoms with Gasteiger partial charge in [0, 0.05) is 13.1 Å². The first-order valence-electron chi connectivity index (χ1n) is 7.13. The van der Waals surface area contributed by atoms with E-state index in [1.54, 1.807) is 0 Å². The molecule has 3 nitrogen and oxygen atoms in total. The van der Waals surface area contributed by atoms with Gasteiger partial charge in [0.05, 0.1) is 23.4 Å². The number of rotatable bonds is 6. The number of halogens is 1. The maximum Gasteiger partial charge on any atom is 0.0642 e. The Hall–Kier alpha value is -0.770. The molecule has 1 aromatic rings. The molecule has 1 aliphatic rings. The molecule has 19 heavy (non-hydrogen) atoms. The lowest BCUT2D eigenvalue weighted by molar-refractivity contribution is 0.266. The van der Waals surface area contributed by atoms with E-state index in [4.69, 9.17) is 11.6 Å². The lowest BCUT2D eigenvalue weighted by Crippen LogP contribution is -2.32. The molecule has 0 aliphatic carbocycles. The van der Waals surface area contributed by atoms with Crippen molar-refractivity contribution in [3.05, 3.63) is 28.8 Å². The zero-order valence-corrected chi connectivity index (χ0v) is 12.3. The lowest BCUT2D eigenvalue weighted by Gasteiger charge is -2.26. The fourth-order valence-corrected chi connectivity index (χ4v) is 2.96. The standard InChI is InChI=1S/C15H23ClN2O/c1-2-7-17-10-12-5-6-15(14(16)9-12)18-8-3-4-13(18)11-19/h5-6,9,13,17,19H,2-4,7-8,10-11H2,1H3.